The molecule has 0 spiro atoms. The van der Waals surface area contributed by atoms with Gasteiger partial charge in [0.1, 0.15) is 0 Å². The molecule has 1 aromatic carbocycles. The molecule has 0 radical (unpaired) electrons. The summed E-state index contributed by atoms with van der Waals surface area (Å²) < 4.78 is 16.3. The molecule has 0 aliphatic carbocycles. The number of hydrogen-bond donors (Lipinski definition) is 1. The average Bonchev–Trinajstić information content (AvgIpc) is 2.36. The van der Waals surface area contributed by atoms with Gasteiger partial charge in [0.2, 0.25) is 5.75 Å². The first kappa shape index (κ1) is 16.9. The van der Waals surface area contributed by atoms with Crippen molar-refractivity contribution in [1.82, 2.24) is 0 Å². The molecule has 1 rings (SSSR count). The highest BCUT2D eigenvalue weighted by Gasteiger charge is 2.13. The fraction of sp³-hybridized carbons (Fsp3) is 0.538. The van der Waals surface area contributed by atoms with Crippen LogP contribution in [-0.4, -0.2) is 27.4 Å². The molecule has 18 heavy (non-hydrogen) atoms. The fourth-order valence-electron chi connectivity index (χ4n) is 1.59. The minimum absolute atomic E-state index is 0. The molecule has 0 heterocycles. The molecule has 0 bridgehead atoms. The monoisotopic (exact) mass is 275 g/mol. The van der Waals surface area contributed by atoms with E-state index in [1.165, 1.54) is 0 Å². The van der Waals surface area contributed by atoms with Gasteiger partial charge < -0.3 is 19.9 Å². The number of benzene rings is 1. The van der Waals surface area contributed by atoms with E-state index in [1.807, 2.05) is 12.1 Å². The van der Waals surface area contributed by atoms with E-state index in [0.717, 1.165) is 18.4 Å². The van der Waals surface area contributed by atoms with E-state index in [2.05, 4.69) is 6.92 Å². The summed E-state index contributed by atoms with van der Waals surface area (Å²) in [5.74, 6) is 2.06. The number of ether oxygens (including phenoxy) is 3. The number of hydrogen-bond acceptors (Lipinski definition) is 4. The van der Waals surface area contributed by atoms with Crippen LogP contribution in [-0.2, 0) is 6.42 Å². The average molecular weight is 276 g/mol. The van der Waals surface area contributed by atoms with Crippen molar-refractivity contribution in [2.75, 3.05) is 27.4 Å². The Hall–Kier alpha value is -1.13. The van der Waals surface area contributed by atoms with E-state index in [0.29, 0.717) is 30.4 Å². The van der Waals surface area contributed by atoms with Crippen LogP contribution < -0.4 is 19.9 Å². The van der Waals surface area contributed by atoms with Gasteiger partial charge in [-0.1, -0.05) is 6.92 Å². The molecule has 0 aromatic heterocycles. The fourth-order valence-corrected chi connectivity index (χ4v) is 1.59. The highest BCUT2D eigenvalue weighted by atomic mass is 35.5. The lowest BCUT2D eigenvalue weighted by molar-refractivity contribution is 0.274. The van der Waals surface area contributed by atoms with Crippen LogP contribution >= 0.6 is 12.4 Å². The summed E-state index contributed by atoms with van der Waals surface area (Å²) in [7, 11) is 3.25. The van der Waals surface area contributed by atoms with Gasteiger partial charge in [0.25, 0.3) is 0 Å². The van der Waals surface area contributed by atoms with Gasteiger partial charge in [0.15, 0.2) is 11.5 Å². The third-order valence-corrected chi connectivity index (χ3v) is 2.40. The van der Waals surface area contributed by atoms with Crippen LogP contribution in [0.15, 0.2) is 12.1 Å². The van der Waals surface area contributed by atoms with Gasteiger partial charge in [-0.25, -0.2) is 0 Å². The van der Waals surface area contributed by atoms with Crippen molar-refractivity contribution in [3.05, 3.63) is 17.7 Å². The van der Waals surface area contributed by atoms with E-state index >= 15 is 0 Å². The predicted octanol–water partition coefficient (Wildman–Crippen LogP) is 2.42. The molecule has 0 saturated carbocycles. The van der Waals surface area contributed by atoms with Crippen molar-refractivity contribution in [2.45, 2.75) is 19.8 Å². The third kappa shape index (κ3) is 4.27. The molecular weight excluding hydrogens is 254 g/mol. The largest absolute Gasteiger partial charge is 0.493 e. The van der Waals surface area contributed by atoms with Gasteiger partial charge >= 0.3 is 0 Å². The number of nitrogens with two attached hydrogens (primary N) is 1. The molecule has 1 aromatic rings. The Balaban J connectivity index is 0.00000289. The lowest BCUT2D eigenvalue weighted by atomic mass is 10.1. The topological polar surface area (TPSA) is 53.7 Å². The number of halogens is 1. The molecule has 5 heteroatoms. The zero-order valence-corrected chi connectivity index (χ0v) is 12.0. The molecule has 104 valence electrons. The lowest BCUT2D eigenvalue weighted by Crippen LogP contribution is -2.05. The Morgan fingerprint density at radius 3 is 2.06 bits per heavy atom. The van der Waals surface area contributed by atoms with Crippen molar-refractivity contribution >= 4 is 12.4 Å². The summed E-state index contributed by atoms with van der Waals surface area (Å²) in [4.78, 5) is 0. The summed E-state index contributed by atoms with van der Waals surface area (Å²) in [6.45, 7) is 3.30. The summed E-state index contributed by atoms with van der Waals surface area (Å²) in [6, 6.07) is 3.89. The summed E-state index contributed by atoms with van der Waals surface area (Å²) in [6.07, 6.45) is 1.73. The second-order valence-electron chi connectivity index (χ2n) is 3.72. The summed E-state index contributed by atoms with van der Waals surface area (Å²) >= 11 is 0. The summed E-state index contributed by atoms with van der Waals surface area (Å²) in [5.41, 5.74) is 6.64. The van der Waals surface area contributed by atoms with E-state index in [-0.39, 0.29) is 12.4 Å². The number of rotatable bonds is 7. The van der Waals surface area contributed by atoms with Crippen LogP contribution in [0, 0.1) is 0 Å². The molecule has 0 aliphatic rings. The van der Waals surface area contributed by atoms with Gasteiger partial charge in [-0.05, 0) is 37.1 Å². The second-order valence-corrected chi connectivity index (χ2v) is 3.72. The van der Waals surface area contributed by atoms with Crippen molar-refractivity contribution in [3.63, 3.8) is 0 Å². The molecule has 0 saturated heterocycles. The molecule has 0 aliphatic heterocycles. The molecule has 2 N–H and O–H groups in total. The summed E-state index contributed by atoms with van der Waals surface area (Å²) in [5, 5.41) is 0. The van der Waals surface area contributed by atoms with Crippen LogP contribution in [0.4, 0.5) is 0 Å². The zero-order chi connectivity index (χ0) is 12.7. The number of methoxy groups -OCH3 is 2. The Kier molecular flexibility index (Phi) is 8.33. The van der Waals surface area contributed by atoms with E-state index in [1.54, 1.807) is 14.2 Å². The Labute approximate surface area is 115 Å². The standard InChI is InChI=1S/C13H21NO3.ClH/c1-4-7-17-13-11(15-2)8-10(5-6-14)9-12(13)16-3;/h8-9H,4-7,14H2,1-3H3;1H. The Morgan fingerprint density at radius 2 is 1.67 bits per heavy atom. The van der Waals surface area contributed by atoms with Crippen molar-refractivity contribution in [1.29, 1.82) is 0 Å². The highest BCUT2D eigenvalue weighted by molar-refractivity contribution is 5.85. The molecule has 0 atom stereocenters. The maximum atomic E-state index is 5.65. The minimum Gasteiger partial charge on any atom is -0.493 e. The van der Waals surface area contributed by atoms with Crippen molar-refractivity contribution in [3.8, 4) is 17.2 Å². The minimum atomic E-state index is 0. The van der Waals surface area contributed by atoms with Crippen molar-refractivity contribution in [2.24, 2.45) is 5.73 Å². The first-order chi connectivity index (χ1) is 8.26. The van der Waals surface area contributed by atoms with Crippen molar-refractivity contribution < 1.29 is 14.2 Å². The quantitative estimate of drug-likeness (QED) is 0.830. The molecule has 0 amide bonds. The first-order valence-electron chi connectivity index (χ1n) is 5.84. The molecule has 4 nitrogen and oxygen atoms in total. The smallest absolute Gasteiger partial charge is 0.203 e. The highest BCUT2D eigenvalue weighted by Crippen LogP contribution is 2.38. The normalized spacial score (nSPS) is 9.56. The van der Waals surface area contributed by atoms with Crippen LogP contribution in [0.1, 0.15) is 18.9 Å². The van der Waals surface area contributed by atoms with Gasteiger partial charge in [-0.3, -0.25) is 0 Å². The second kappa shape index (κ2) is 8.89. The third-order valence-electron chi connectivity index (χ3n) is 2.40. The maximum Gasteiger partial charge on any atom is 0.203 e. The Bertz CT molecular complexity index is 333. The van der Waals surface area contributed by atoms with Gasteiger partial charge in [0, 0.05) is 0 Å². The molecule has 0 fully saturated rings. The van der Waals surface area contributed by atoms with Gasteiger partial charge in [-0.2, -0.15) is 0 Å². The Morgan fingerprint density at radius 1 is 1.11 bits per heavy atom. The van der Waals surface area contributed by atoms with Crippen LogP contribution in [0.5, 0.6) is 17.2 Å². The van der Waals surface area contributed by atoms with E-state index in [4.69, 9.17) is 19.9 Å². The lowest BCUT2D eigenvalue weighted by Gasteiger charge is -2.15. The van der Waals surface area contributed by atoms with Gasteiger partial charge in [0.05, 0.1) is 20.8 Å². The molecular formula is C13H22ClNO3. The maximum absolute atomic E-state index is 5.65. The van der Waals surface area contributed by atoms with Crippen LogP contribution in [0.3, 0.4) is 0 Å². The van der Waals surface area contributed by atoms with Gasteiger partial charge in [-0.15, -0.1) is 12.4 Å². The van der Waals surface area contributed by atoms with Crippen LogP contribution in [0.25, 0.3) is 0 Å². The van der Waals surface area contributed by atoms with E-state index < -0.39 is 0 Å². The SMILES string of the molecule is CCCOc1c(OC)cc(CCN)cc1OC.Cl. The molecule has 0 unspecified atom stereocenters. The van der Waals surface area contributed by atoms with Crippen LogP contribution in [0.2, 0.25) is 0 Å². The zero-order valence-electron chi connectivity index (χ0n) is 11.2. The van der Waals surface area contributed by atoms with E-state index in [9.17, 15) is 0 Å². The first-order valence-corrected chi connectivity index (χ1v) is 5.84. The predicted molar refractivity (Wildman–Crippen MR) is 75.3 cm³/mol.